The summed E-state index contributed by atoms with van der Waals surface area (Å²) in [6, 6.07) is 2.20. The summed E-state index contributed by atoms with van der Waals surface area (Å²) in [4.78, 5) is 12.6. The van der Waals surface area contributed by atoms with Crippen LogP contribution in [0.4, 0.5) is 23.7 Å². The van der Waals surface area contributed by atoms with Crippen molar-refractivity contribution in [3.8, 4) is 0 Å². The summed E-state index contributed by atoms with van der Waals surface area (Å²) in [7, 11) is 0. The molecule has 1 aromatic carbocycles. The smallest absolute Gasteiger partial charge is 0.351 e. The molecule has 0 spiro atoms. The van der Waals surface area contributed by atoms with Crippen molar-refractivity contribution in [3.63, 3.8) is 0 Å². The lowest BCUT2D eigenvalue weighted by atomic mass is 10.1. The second kappa shape index (κ2) is 5.52. The Kier molecular flexibility index (Phi) is 4.13. The summed E-state index contributed by atoms with van der Waals surface area (Å²) in [5.74, 6) is 0. The van der Waals surface area contributed by atoms with Gasteiger partial charge in [0.25, 0.3) is 0 Å². The van der Waals surface area contributed by atoms with Gasteiger partial charge in [-0.2, -0.15) is 13.2 Å². The minimum Gasteiger partial charge on any atom is -0.351 e. The molecular weight excluding hydrogens is 293 g/mol. The molecule has 2 amide bonds. The van der Waals surface area contributed by atoms with E-state index in [4.69, 9.17) is 17.3 Å². The highest BCUT2D eigenvalue weighted by Gasteiger charge is 2.38. The van der Waals surface area contributed by atoms with Crippen LogP contribution in [0.25, 0.3) is 0 Å². The summed E-state index contributed by atoms with van der Waals surface area (Å²) < 4.78 is 39.3. The van der Waals surface area contributed by atoms with Crippen molar-refractivity contribution in [2.24, 2.45) is 5.73 Å². The standard InChI is InChI=1S/C13H14ClF3N2O/c14-8-5-6-11(10(7-8)13(15,16)17)19(12(18)20)9-3-1-2-4-9/h5-7,9H,1-4H2,(H2,18,20). The first-order chi connectivity index (χ1) is 9.30. The second-order valence-corrected chi connectivity index (χ2v) is 5.24. The largest absolute Gasteiger partial charge is 0.418 e. The van der Waals surface area contributed by atoms with Crippen LogP contribution in [0.15, 0.2) is 18.2 Å². The Morgan fingerprint density at radius 1 is 1.30 bits per heavy atom. The molecule has 2 N–H and O–H groups in total. The van der Waals surface area contributed by atoms with Gasteiger partial charge in [-0.3, -0.25) is 4.90 Å². The Morgan fingerprint density at radius 3 is 2.40 bits per heavy atom. The van der Waals surface area contributed by atoms with E-state index in [1.807, 2.05) is 0 Å². The van der Waals surface area contributed by atoms with Crippen molar-refractivity contribution in [1.29, 1.82) is 0 Å². The number of carbonyl (C=O) groups excluding carboxylic acids is 1. The molecule has 0 aliphatic heterocycles. The SMILES string of the molecule is NC(=O)N(c1ccc(Cl)cc1C(F)(F)F)C1CCCC1. The molecule has 2 rings (SSSR count). The maximum Gasteiger partial charge on any atom is 0.418 e. The van der Waals surface area contributed by atoms with E-state index in [0.717, 1.165) is 23.8 Å². The molecule has 110 valence electrons. The summed E-state index contributed by atoms with van der Waals surface area (Å²) in [6.07, 6.45) is -1.52. The van der Waals surface area contributed by atoms with E-state index in [-0.39, 0.29) is 16.8 Å². The number of primary amides is 1. The van der Waals surface area contributed by atoms with Crippen LogP contribution in [0, 0.1) is 0 Å². The van der Waals surface area contributed by atoms with Crippen LogP contribution < -0.4 is 10.6 Å². The summed E-state index contributed by atoms with van der Waals surface area (Å²) >= 11 is 5.63. The fourth-order valence-corrected chi connectivity index (χ4v) is 2.78. The molecule has 0 heterocycles. The maximum atomic E-state index is 13.1. The number of amides is 2. The fourth-order valence-electron chi connectivity index (χ4n) is 2.60. The third kappa shape index (κ3) is 3.00. The zero-order valence-corrected chi connectivity index (χ0v) is 11.3. The first-order valence-corrected chi connectivity index (χ1v) is 6.64. The summed E-state index contributed by atoms with van der Waals surface area (Å²) in [6.45, 7) is 0. The average Bonchev–Trinajstić information content (AvgIpc) is 2.83. The van der Waals surface area contributed by atoms with Gasteiger partial charge >= 0.3 is 12.2 Å². The molecule has 0 aromatic heterocycles. The molecule has 1 fully saturated rings. The van der Waals surface area contributed by atoms with E-state index in [1.165, 1.54) is 12.1 Å². The minimum absolute atomic E-state index is 0.0306. The summed E-state index contributed by atoms with van der Waals surface area (Å²) in [5.41, 5.74) is 4.13. The van der Waals surface area contributed by atoms with Gasteiger partial charge < -0.3 is 5.73 Å². The maximum absolute atomic E-state index is 13.1. The number of benzene rings is 1. The molecule has 1 aromatic rings. The van der Waals surface area contributed by atoms with Gasteiger partial charge in [-0.1, -0.05) is 24.4 Å². The van der Waals surface area contributed by atoms with Crippen LogP contribution in [0.3, 0.4) is 0 Å². The molecule has 1 saturated carbocycles. The van der Waals surface area contributed by atoms with Gasteiger partial charge in [0, 0.05) is 11.1 Å². The summed E-state index contributed by atoms with van der Waals surface area (Å²) in [5, 5.41) is -0.0306. The lowest BCUT2D eigenvalue weighted by Gasteiger charge is -2.29. The average molecular weight is 307 g/mol. The number of rotatable bonds is 2. The molecule has 0 bridgehead atoms. The van der Waals surface area contributed by atoms with E-state index in [9.17, 15) is 18.0 Å². The quantitative estimate of drug-likeness (QED) is 0.875. The zero-order valence-electron chi connectivity index (χ0n) is 10.6. The van der Waals surface area contributed by atoms with Crippen LogP contribution in [0.2, 0.25) is 5.02 Å². The predicted molar refractivity (Wildman–Crippen MR) is 70.8 cm³/mol. The van der Waals surface area contributed by atoms with Gasteiger partial charge in [0.1, 0.15) is 0 Å². The van der Waals surface area contributed by atoms with E-state index < -0.39 is 17.8 Å². The first-order valence-electron chi connectivity index (χ1n) is 6.26. The van der Waals surface area contributed by atoms with Crippen molar-refractivity contribution in [2.45, 2.75) is 37.9 Å². The number of urea groups is 1. The van der Waals surface area contributed by atoms with Gasteiger partial charge in [-0.15, -0.1) is 0 Å². The van der Waals surface area contributed by atoms with E-state index in [0.29, 0.717) is 12.8 Å². The van der Waals surface area contributed by atoms with Gasteiger partial charge in [0.15, 0.2) is 0 Å². The highest BCUT2D eigenvalue weighted by Crippen LogP contribution is 2.40. The molecular formula is C13H14ClF3N2O. The van der Waals surface area contributed by atoms with E-state index >= 15 is 0 Å². The number of hydrogen-bond donors (Lipinski definition) is 1. The molecule has 0 atom stereocenters. The molecule has 3 nitrogen and oxygen atoms in total. The van der Waals surface area contributed by atoms with Crippen LogP contribution in [0.5, 0.6) is 0 Å². The lowest BCUT2D eigenvalue weighted by Crippen LogP contribution is -2.43. The number of halogens is 4. The molecule has 7 heteroatoms. The number of nitrogens with two attached hydrogens (primary N) is 1. The predicted octanol–water partition coefficient (Wildman–Crippen LogP) is 4.19. The molecule has 20 heavy (non-hydrogen) atoms. The number of alkyl halides is 3. The van der Waals surface area contributed by atoms with Crippen molar-refractivity contribution >= 4 is 23.3 Å². The number of carbonyl (C=O) groups is 1. The Morgan fingerprint density at radius 2 is 1.90 bits per heavy atom. The topological polar surface area (TPSA) is 46.3 Å². The normalized spacial score (nSPS) is 16.4. The molecule has 0 unspecified atom stereocenters. The number of nitrogens with zero attached hydrogens (tertiary/aromatic N) is 1. The Balaban J connectivity index is 2.50. The second-order valence-electron chi connectivity index (χ2n) is 4.81. The van der Waals surface area contributed by atoms with Crippen LogP contribution in [-0.4, -0.2) is 12.1 Å². The Bertz CT molecular complexity index is 513. The van der Waals surface area contributed by atoms with Gasteiger partial charge in [-0.25, -0.2) is 4.79 Å². The highest BCUT2D eigenvalue weighted by atomic mass is 35.5. The lowest BCUT2D eigenvalue weighted by molar-refractivity contribution is -0.137. The third-order valence-electron chi connectivity index (χ3n) is 3.45. The molecule has 1 aliphatic rings. The van der Waals surface area contributed by atoms with Crippen molar-refractivity contribution in [1.82, 2.24) is 0 Å². The molecule has 1 aliphatic carbocycles. The van der Waals surface area contributed by atoms with Gasteiger partial charge in [0.05, 0.1) is 11.3 Å². The third-order valence-corrected chi connectivity index (χ3v) is 3.69. The van der Waals surface area contributed by atoms with E-state index in [1.54, 1.807) is 0 Å². The molecule has 0 radical (unpaired) electrons. The number of hydrogen-bond acceptors (Lipinski definition) is 1. The van der Waals surface area contributed by atoms with Crippen LogP contribution in [-0.2, 0) is 6.18 Å². The zero-order chi connectivity index (χ0) is 14.9. The van der Waals surface area contributed by atoms with E-state index in [2.05, 4.69) is 0 Å². The van der Waals surface area contributed by atoms with Crippen molar-refractivity contribution in [2.75, 3.05) is 4.90 Å². The van der Waals surface area contributed by atoms with Crippen molar-refractivity contribution in [3.05, 3.63) is 28.8 Å². The fraction of sp³-hybridized carbons (Fsp3) is 0.462. The molecule has 0 saturated heterocycles. The minimum atomic E-state index is -4.59. The first kappa shape index (κ1) is 15.0. The van der Waals surface area contributed by atoms with Crippen molar-refractivity contribution < 1.29 is 18.0 Å². The monoisotopic (exact) mass is 306 g/mol. The van der Waals surface area contributed by atoms with Crippen LogP contribution >= 0.6 is 11.6 Å². The highest BCUT2D eigenvalue weighted by molar-refractivity contribution is 6.30. The van der Waals surface area contributed by atoms with Gasteiger partial charge in [0.2, 0.25) is 0 Å². The Hall–Kier alpha value is -1.43. The number of anilines is 1. The van der Waals surface area contributed by atoms with Crippen LogP contribution in [0.1, 0.15) is 31.2 Å². The van der Waals surface area contributed by atoms with Gasteiger partial charge in [-0.05, 0) is 31.0 Å². The Labute approximate surface area is 119 Å².